The van der Waals surface area contributed by atoms with Crippen molar-refractivity contribution in [1.82, 2.24) is 20.1 Å². The maximum absolute atomic E-state index is 13.5. The second-order valence-corrected chi connectivity index (χ2v) is 7.42. The predicted octanol–water partition coefficient (Wildman–Crippen LogP) is 4.35. The molecule has 0 saturated carbocycles. The Morgan fingerprint density at radius 1 is 1.32 bits per heavy atom. The summed E-state index contributed by atoms with van der Waals surface area (Å²) in [7, 11) is 0. The molecule has 0 aliphatic heterocycles. The first-order chi connectivity index (χ1) is 13.4. The van der Waals surface area contributed by atoms with Gasteiger partial charge in [0.2, 0.25) is 0 Å². The van der Waals surface area contributed by atoms with Crippen molar-refractivity contribution < 1.29 is 9.18 Å². The van der Waals surface area contributed by atoms with E-state index in [9.17, 15) is 9.18 Å². The van der Waals surface area contributed by atoms with E-state index < -0.39 is 0 Å². The monoisotopic (exact) mass is 398 g/mol. The molecule has 144 valence electrons. The summed E-state index contributed by atoms with van der Waals surface area (Å²) in [5.41, 5.74) is 4.79. The minimum Gasteiger partial charge on any atom is -0.345 e. The fraction of sp³-hybridized carbons (Fsp3) is 0.286. The van der Waals surface area contributed by atoms with Crippen molar-refractivity contribution in [3.05, 3.63) is 75.6 Å². The van der Waals surface area contributed by atoms with Crippen LogP contribution in [0.25, 0.3) is 5.69 Å². The van der Waals surface area contributed by atoms with Gasteiger partial charge in [0.05, 0.1) is 23.5 Å². The van der Waals surface area contributed by atoms with E-state index in [-0.39, 0.29) is 22.9 Å². The van der Waals surface area contributed by atoms with Crippen LogP contribution in [0.3, 0.4) is 0 Å². The van der Waals surface area contributed by atoms with Crippen molar-refractivity contribution >= 4 is 17.5 Å². The normalized spacial score (nSPS) is 14.0. The highest BCUT2D eigenvalue weighted by atomic mass is 35.5. The summed E-state index contributed by atoms with van der Waals surface area (Å²) in [5, 5.41) is 7.56. The molecule has 1 aliphatic rings. The number of hydrogen-bond acceptors (Lipinski definition) is 3. The van der Waals surface area contributed by atoms with Gasteiger partial charge in [-0.25, -0.2) is 14.1 Å². The molecular weight excluding hydrogens is 379 g/mol. The number of benzene rings is 1. The van der Waals surface area contributed by atoms with Crippen LogP contribution in [0.2, 0.25) is 5.15 Å². The molecule has 1 atom stereocenters. The SMILES string of the molecule is Cc1c([C@@H](C)NC(=O)c2cc3c(nc2Cl)CCC3)cnn1-c1cccc(F)c1. The van der Waals surface area contributed by atoms with Crippen LogP contribution in [-0.4, -0.2) is 20.7 Å². The van der Waals surface area contributed by atoms with Gasteiger partial charge in [-0.1, -0.05) is 17.7 Å². The summed E-state index contributed by atoms with van der Waals surface area (Å²) in [4.78, 5) is 17.1. The molecule has 2 aromatic heterocycles. The highest BCUT2D eigenvalue weighted by Crippen LogP contribution is 2.26. The number of aryl methyl sites for hydroxylation is 2. The number of pyridine rings is 1. The summed E-state index contributed by atoms with van der Waals surface area (Å²) in [5.74, 6) is -0.591. The van der Waals surface area contributed by atoms with Crippen LogP contribution >= 0.6 is 11.6 Å². The molecule has 3 aromatic rings. The molecule has 4 rings (SSSR count). The van der Waals surface area contributed by atoms with Gasteiger partial charge in [0.25, 0.3) is 5.91 Å². The Morgan fingerprint density at radius 2 is 2.14 bits per heavy atom. The fourth-order valence-electron chi connectivity index (χ4n) is 3.67. The van der Waals surface area contributed by atoms with Gasteiger partial charge in [0.1, 0.15) is 11.0 Å². The molecule has 1 amide bonds. The smallest absolute Gasteiger partial charge is 0.254 e. The molecule has 0 radical (unpaired) electrons. The highest BCUT2D eigenvalue weighted by Gasteiger charge is 2.22. The first-order valence-electron chi connectivity index (χ1n) is 9.23. The predicted molar refractivity (Wildman–Crippen MR) is 105 cm³/mol. The van der Waals surface area contributed by atoms with E-state index >= 15 is 0 Å². The Labute approximate surface area is 167 Å². The van der Waals surface area contributed by atoms with Crippen molar-refractivity contribution in [1.29, 1.82) is 0 Å². The van der Waals surface area contributed by atoms with E-state index in [4.69, 9.17) is 11.6 Å². The van der Waals surface area contributed by atoms with Crippen LogP contribution in [0.1, 0.15) is 52.3 Å². The van der Waals surface area contributed by atoms with Crippen LogP contribution in [0.15, 0.2) is 36.5 Å². The molecule has 0 fully saturated rings. The minimum atomic E-state index is -0.325. The zero-order valence-electron chi connectivity index (χ0n) is 15.7. The van der Waals surface area contributed by atoms with Gasteiger partial charge in [-0.3, -0.25) is 4.79 Å². The number of nitrogens with zero attached hydrogens (tertiary/aromatic N) is 3. The molecule has 0 unspecified atom stereocenters. The van der Waals surface area contributed by atoms with Crippen molar-refractivity contribution in [3.63, 3.8) is 0 Å². The molecule has 1 aromatic carbocycles. The van der Waals surface area contributed by atoms with Gasteiger partial charge in [-0.2, -0.15) is 5.10 Å². The third kappa shape index (κ3) is 3.40. The van der Waals surface area contributed by atoms with E-state index in [1.165, 1.54) is 12.1 Å². The highest BCUT2D eigenvalue weighted by molar-refractivity contribution is 6.32. The lowest BCUT2D eigenvalue weighted by Gasteiger charge is -2.15. The first-order valence-corrected chi connectivity index (χ1v) is 9.61. The second kappa shape index (κ2) is 7.36. The van der Waals surface area contributed by atoms with Crippen LogP contribution in [0.5, 0.6) is 0 Å². The lowest BCUT2D eigenvalue weighted by atomic mass is 10.1. The summed E-state index contributed by atoms with van der Waals surface area (Å²) in [6, 6.07) is 7.79. The maximum Gasteiger partial charge on any atom is 0.254 e. The van der Waals surface area contributed by atoms with E-state index in [0.717, 1.165) is 41.8 Å². The Morgan fingerprint density at radius 3 is 2.93 bits per heavy atom. The number of rotatable bonds is 4. The van der Waals surface area contributed by atoms with Gasteiger partial charge in [-0.15, -0.1) is 0 Å². The Hall–Kier alpha value is -2.73. The number of hydrogen-bond donors (Lipinski definition) is 1. The van der Waals surface area contributed by atoms with Crippen LogP contribution < -0.4 is 5.32 Å². The summed E-state index contributed by atoms with van der Waals surface area (Å²) in [6.45, 7) is 3.77. The quantitative estimate of drug-likeness (QED) is 0.665. The number of nitrogens with one attached hydrogen (secondary N) is 1. The molecule has 1 N–H and O–H groups in total. The van der Waals surface area contributed by atoms with Crippen molar-refractivity contribution in [2.24, 2.45) is 0 Å². The van der Waals surface area contributed by atoms with Gasteiger partial charge in [-0.05, 0) is 62.9 Å². The number of carbonyl (C=O) groups excluding carboxylic acids is 1. The molecule has 0 spiro atoms. The first kappa shape index (κ1) is 18.6. The van der Waals surface area contributed by atoms with Gasteiger partial charge in [0.15, 0.2) is 0 Å². The van der Waals surface area contributed by atoms with Crippen molar-refractivity contribution in [2.75, 3.05) is 0 Å². The zero-order chi connectivity index (χ0) is 19.8. The standard InChI is InChI=1S/C21H20ClFN4O/c1-12(18-11-24-27(13(18)2)16-7-4-6-15(23)10-16)25-21(28)17-9-14-5-3-8-19(14)26-20(17)22/h4,6-7,9-12H,3,5,8H2,1-2H3,(H,25,28)/t12-/m1/s1. The zero-order valence-corrected chi connectivity index (χ0v) is 16.4. The average Bonchev–Trinajstić information content (AvgIpc) is 3.26. The lowest BCUT2D eigenvalue weighted by molar-refractivity contribution is 0.0939. The molecule has 2 heterocycles. The van der Waals surface area contributed by atoms with Crippen LogP contribution in [0, 0.1) is 12.7 Å². The number of carbonyl (C=O) groups is 1. The number of amides is 1. The molecule has 0 bridgehead atoms. The second-order valence-electron chi connectivity index (χ2n) is 7.06. The van der Waals surface area contributed by atoms with Gasteiger partial charge in [0, 0.05) is 17.0 Å². The third-order valence-corrected chi connectivity index (χ3v) is 5.45. The number of aromatic nitrogens is 3. The van der Waals surface area contributed by atoms with Crippen molar-refractivity contribution in [3.8, 4) is 5.69 Å². The van der Waals surface area contributed by atoms with Crippen molar-refractivity contribution in [2.45, 2.75) is 39.2 Å². The summed E-state index contributed by atoms with van der Waals surface area (Å²) in [6.07, 6.45) is 4.56. The maximum atomic E-state index is 13.5. The lowest BCUT2D eigenvalue weighted by Crippen LogP contribution is -2.27. The van der Waals surface area contributed by atoms with E-state index in [1.807, 2.05) is 19.9 Å². The topological polar surface area (TPSA) is 59.8 Å². The summed E-state index contributed by atoms with van der Waals surface area (Å²) < 4.78 is 15.2. The Bertz CT molecular complexity index is 1060. The summed E-state index contributed by atoms with van der Waals surface area (Å²) >= 11 is 6.24. The van der Waals surface area contributed by atoms with E-state index in [0.29, 0.717) is 11.3 Å². The van der Waals surface area contributed by atoms with E-state index in [1.54, 1.807) is 23.0 Å². The number of fused-ring (bicyclic) bond motifs is 1. The molecule has 1 aliphatic carbocycles. The fourth-order valence-corrected chi connectivity index (χ4v) is 3.92. The molecule has 7 heteroatoms. The largest absolute Gasteiger partial charge is 0.345 e. The van der Waals surface area contributed by atoms with Crippen LogP contribution in [-0.2, 0) is 12.8 Å². The van der Waals surface area contributed by atoms with Gasteiger partial charge >= 0.3 is 0 Å². The number of halogens is 2. The molecule has 5 nitrogen and oxygen atoms in total. The van der Waals surface area contributed by atoms with E-state index in [2.05, 4.69) is 15.4 Å². The molecule has 28 heavy (non-hydrogen) atoms. The Kier molecular flexibility index (Phi) is 4.89. The Balaban J connectivity index is 1.56. The van der Waals surface area contributed by atoms with Gasteiger partial charge < -0.3 is 5.32 Å². The van der Waals surface area contributed by atoms with Crippen LogP contribution in [0.4, 0.5) is 4.39 Å². The third-order valence-electron chi connectivity index (χ3n) is 5.16. The average molecular weight is 399 g/mol. The minimum absolute atomic E-state index is 0.234. The molecular formula is C21H20ClFN4O. The molecule has 0 saturated heterocycles.